The molecule has 0 aliphatic rings. The Labute approximate surface area is 114 Å². The van der Waals surface area contributed by atoms with Crippen molar-refractivity contribution in [3.63, 3.8) is 0 Å². The third-order valence-electron chi connectivity index (χ3n) is 2.61. The van der Waals surface area contributed by atoms with E-state index in [0.29, 0.717) is 19.8 Å². The van der Waals surface area contributed by atoms with Crippen LogP contribution in [-0.2, 0) is 9.53 Å². The maximum Gasteiger partial charge on any atom is 0.248 e. The van der Waals surface area contributed by atoms with Crippen molar-refractivity contribution in [3.05, 3.63) is 24.3 Å². The van der Waals surface area contributed by atoms with Gasteiger partial charge < -0.3 is 19.1 Å². The normalized spacial score (nSPS) is 10.1. The Hall–Kier alpha value is -1.75. The smallest absolute Gasteiger partial charge is 0.248 e. The molecule has 106 valence electrons. The number of nitrogens with zero attached hydrogens (tertiary/aromatic N) is 1. The molecule has 1 amide bonds. The van der Waals surface area contributed by atoms with Crippen LogP contribution in [0.4, 0.5) is 0 Å². The summed E-state index contributed by atoms with van der Waals surface area (Å²) in [7, 11) is 3.35. The molecule has 5 heteroatoms. The van der Waals surface area contributed by atoms with E-state index in [9.17, 15) is 4.79 Å². The molecule has 0 radical (unpaired) electrons. The lowest BCUT2D eigenvalue weighted by atomic mass is 10.3. The molecule has 0 unspecified atom stereocenters. The zero-order chi connectivity index (χ0) is 14.1. The molecule has 1 aromatic carbocycles. The highest BCUT2D eigenvalue weighted by Gasteiger charge is 2.08. The number of methoxy groups -OCH3 is 1. The number of ether oxygens (including phenoxy) is 3. The Kier molecular flexibility index (Phi) is 6.74. The van der Waals surface area contributed by atoms with E-state index in [1.54, 1.807) is 19.1 Å². The molecule has 0 fully saturated rings. The zero-order valence-corrected chi connectivity index (χ0v) is 11.7. The van der Waals surface area contributed by atoms with Crippen molar-refractivity contribution in [1.29, 1.82) is 0 Å². The number of carbonyl (C=O) groups is 1. The van der Waals surface area contributed by atoms with Gasteiger partial charge in [0.2, 0.25) is 5.91 Å². The third kappa shape index (κ3) is 5.61. The summed E-state index contributed by atoms with van der Waals surface area (Å²) in [4.78, 5) is 13.2. The summed E-state index contributed by atoms with van der Waals surface area (Å²) in [6.07, 6.45) is 0. The van der Waals surface area contributed by atoms with Crippen LogP contribution < -0.4 is 9.47 Å². The van der Waals surface area contributed by atoms with E-state index in [4.69, 9.17) is 14.2 Å². The largest absolute Gasteiger partial charge is 0.497 e. The summed E-state index contributed by atoms with van der Waals surface area (Å²) in [6, 6.07) is 7.33. The summed E-state index contributed by atoms with van der Waals surface area (Å²) in [5.41, 5.74) is 0. The van der Waals surface area contributed by atoms with E-state index in [1.807, 2.05) is 31.2 Å². The third-order valence-corrected chi connectivity index (χ3v) is 2.61. The van der Waals surface area contributed by atoms with Crippen LogP contribution in [0.1, 0.15) is 6.92 Å². The molecule has 0 atom stereocenters. The molecule has 0 aliphatic carbocycles. The van der Waals surface area contributed by atoms with Gasteiger partial charge in [-0.05, 0) is 31.2 Å². The second-order valence-corrected chi connectivity index (χ2v) is 3.98. The molecule has 1 aromatic rings. The average Bonchev–Trinajstić information content (AvgIpc) is 2.45. The van der Waals surface area contributed by atoms with Crippen molar-refractivity contribution >= 4 is 5.91 Å². The Morgan fingerprint density at radius 1 is 1.21 bits per heavy atom. The lowest BCUT2D eigenvalue weighted by Gasteiger charge is -2.17. The molecule has 0 aromatic heterocycles. The first-order valence-corrected chi connectivity index (χ1v) is 6.26. The van der Waals surface area contributed by atoms with Crippen molar-refractivity contribution < 1.29 is 19.0 Å². The molecule has 0 saturated carbocycles. The molecule has 0 N–H and O–H groups in total. The van der Waals surface area contributed by atoms with Gasteiger partial charge in [-0.2, -0.15) is 0 Å². The van der Waals surface area contributed by atoms with Gasteiger partial charge in [0.25, 0.3) is 0 Å². The lowest BCUT2D eigenvalue weighted by Crippen LogP contribution is -2.33. The van der Waals surface area contributed by atoms with Crippen LogP contribution in [-0.4, -0.2) is 51.3 Å². The molecule has 0 heterocycles. The van der Waals surface area contributed by atoms with Gasteiger partial charge in [0.15, 0.2) is 0 Å². The van der Waals surface area contributed by atoms with Crippen molar-refractivity contribution in [2.75, 3.05) is 40.5 Å². The predicted molar refractivity (Wildman–Crippen MR) is 72.6 cm³/mol. The number of benzene rings is 1. The van der Waals surface area contributed by atoms with Gasteiger partial charge in [-0.3, -0.25) is 4.79 Å². The molecule has 1 rings (SSSR count). The van der Waals surface area contributed by atoms with Gasteiger partial charge in [0, 0.05) is 13.7 Å². The monoisotopic (exact) mass is 267 g/mol. The summed E-state index contributed by atoms with van der Waals surface area (Å²) >= 11 is 0. The molecule has 0 spiro atoms. The molecular formula is C14H21NO4. The summed E-state index contributed by atoms with van der Waals surface area (Å²) in [5.74, 6) is 1.50. The highest BCUT2D eigenvalue weighted by Crippen LogP contribution is 2.16. The predicted octanol–water partition coefficient (Wildman–Crippen LogP) is 1.57. The second kappa shape index (κ2) is 8.37. The fourth-order valence-corrected chi connectivity index (χ4v) is 1.40. The summed E-state index contributed by atoms with van der Waals surface area (Å²) in [6.45, 7) is 3.50. The standard InChI is InChI=1S/C14H21NO4/c1-4-18-11-14(16)15(2)9-10-19-13-7-5-12(17-3)6-8-13/h5-8H,4,9-11H2,1-3H3. The van der Waals surface area contributed by atoms with Crippen LogP contribution in [0.2, 0.25) is 0 Å². The van der Waals surface area contributed by atoms with E-state index >= 15 is 0 Å². The maximum absolute atomic E-state index is 11.6. The van der Waals surface area contributed by atoms with Crippen LogP contribution in [0.15, 0.2) is 24.3 Å². The highest BCUT2D eigenvalue weighted by molar-refractivity contribution is 5.77. The van der Waals surface area contributed by atoms with E-state index < -0.39 is 0 Å². The van der Waals surface area contributed by atoms with Gasteiger partial charge in [-0.15, -0.1) is 0 Å². The number of likely N-dealkylation sites (N-methyl/N-ethyl adjacent to an activating group) is 1. The van der Waals surface area contributed by atoms with Crippen LogP contribution >= 0.6 is 0 Å². The molecule has 0 bridgehead atoms. The van der Waals surface area contributed by atoms with Crippen molar-refractivity contribution in [3.8, 4) is 11.5 Å². The van der Waals surface area contributed by atoms with Gasteiger partial charge >= 0.3 is 0 Å². The van der Waals surface area contributed by atoms with Crippen molar-refractivity contribution in [2.24, 2.45) is 0 Å². The fourth-order valence-electron chi connectivity index (χ4n) is 1.40. The Morgan fingerprint density at radius 3 is 2.42 bits per heavy atom. The first kappa shape index (κ1) is 15.3. The Morgan fingerprint density at radius 2 is 1.84 bits per heavy atom. The summed E-state index contributed by atoms with van der Waals surface area (Å²) in [5, 5.41) is 0. The van der Waals surface area contributed by atoms with E-state index in [1.165, 1.54) is 0 Å². The lowest BCUT2D eigenvalue weighted by molar-refractivity contribution is -0.134. The minimum atomic E-state index is -0.0415. The number of hydrogen-bond donors (Lipinski definition) is 0. The fraction of sp³-hybridized carbons (Fsp3) is 0.500. The Balaban J connectivity index is 2.26. The van der Waals surface area contributed by atoms with Crippen LogP contribution in [0.5, 0.6) is 11.5 Å². The first-order valence-electron chi connectivity index (χ1n) is 6.26. The van der Waals surface area contributed by atoms with Gasteiger partial charge in [0.1, 0.15) is 24.7 Å². The molecular weight excluding hydrogens is 246 g/mol. The molecule has 0 saturated heterocycles. The molecule has 19 heavy (non-hydrogen) atoms. The average molecular weight is 267 g/mol. The number of carbonyl (C=O) groups excluding carboxylic acids is 1. The number of hydrogen-bond acceptors (Lipinski definition) is 4. The van der Waals surface area contributed by atoms with E-state index in [0.717, 1.165) is 11.5 Å². The van der Waals surface area contributed by atoms with Gasteiger partial charge in [0.05, 0.1) is 13.7 Å². The molecule has 5 nitrogen and oxygen atoms in total. The van der Waals surface area contributed by atoms with E-state index in [-0.39, 0.29) is 12.5 Å². The SMILES string of the molecule is CCOCC(=O)N(C)CCOc1ccc(OC)cc1. The van der Waals surface area contributed by atoms with Gasteiger partial charge in [-0.1, -0.05) is 0 Å². The minimum absolute atomic E-state index is 0.0415. The molecule has 0 aliphatic heterocycles. The van der Waals surface area contributed by atoms with Crippen molar-refractivity contribution in [1.82, 2.24) is 4.90 Å². The number of amides is 1. The van der Waals surface area contributed by atoms with Crippen LogP contribution in [0.25, 0.3) is 0 Å². The van der Waals surface area contributed by atoms with Crippen LogP contribution in [0, 0.1) is 0 Å². The highest BCUT2D eigenvalue weighted by atomic mass is 16.5. The summed E-state index contributed by atoms with van der Waals surface area (Å²) < 4.78 is 15.7. The van der Waals surface area contributed by atoms with Crippen LogP contribution in [0.3, 0.4) is 0 Å². The minimum Gasteiger partial charge on any atom is -0.497 e. The second-order valence-electron chi connectivity index (χ2n) is 3.98. The quantitative estimate of drug-likeness (QED) is 0.717. The topological polar surface area (TPSA) is 48.0 Å². The zero-order valence-electron chi connectivity index (χ0n) is 11.7. The number of rotatable bonds is 8. The van der Waals surface area contributed by atoms with E-state index in [2.05, 4.69) is 0 Å². The Bertz CT molecular complexity index is 378. The first-order chi connectivity index (χ1) is 9.17. The van der Waals surface area contributed by atoms with Gasteiger partial charge in [-0.25, -0.2) is 0 Å². The van der Waals surface area contributed by atoms with Crippen molar-refractivity contribution in [2.45, 2.75) is 6.92 Å². The maximum atomic E-state index is 11.6.